The predicted octanol–water partition coefficient (Wildman–Crippen LogP) is 2.53. The van der Waals surface area contributed by atoms with Crippen molar-refractivity contribution in [3.63, 3.8) is 0 Å². The number of sulfonamides is 1. The SMILES string of the molecule is CCC(=O)Nc1ccc(S(=O)(=O)NCC(C)(O)c2ccccc2)c(C)c1. The molecule has 1 amide bonds. The van der Waals surface area contributed by atoms with Crippen LogP contribution < -0.4 is 10.0 Å². The lowest BCUT2D eigenvalue weighted by Crippen LogP contribution is -2.38. The Morgan fingerprint density at radius 1 is 1.15 bits per heavy atom. The van der Waals surface area contributed by atoms with Gasteiger partial charge in [-0.25, -0.2) is 13.1 Å². The third-order valence-electron chi connectivity index (χ3n) is 4.07. The zero-order valence-electron chi connectivity index (χ0n) is 15.1. The summed E-state index contributed by atoms with van der Waals surface area (Å²) in [5.41, 5.74) is 0.337. The first-order valence-electron chi connectivity index (χ1n) is 8.34. The highest BCUT2D eigenvalue weighted by Crippen LogP contribution is 2.22. The van der Waals surface area contributed by atoms with Crippen molar-refractivity contribution >= 4 is 21.6 Å². The summed E-state index contributed by atoms with van der Waals surface area (Å²) in [6.45, 7) is 4.79. The summed E-state index contributed by atoms with van der Waals surface area (Å²) in [5, 5.41) is 13.3. The van der Waals surface area contributed by atoms with Crippen molar-refractivity contribution in [1.29, 1.82) is 0 Å². The maximum Gasteiger partial charge on any atom is 0.240 e. The van der Waals surface area contributed by atoms with Crippen LogP contribution in [-0.2, 0) is 20.4 Å². The van der Waals surface area contributed by atoms with Crippen molar-refractivity contribution < 1.29 is 18.3 Å². The first-order valence-corrected chi connectivity index (χ1v) is 9.82. The van der Waals surface area contributed by atoms with Crippen molar-refractivity contribution in [3.05, 3.63) is 59.7 Å². The van der Waals surface area contributed by atoms with Crippen LogP contribution in [0.1, 0.15) is 31.4 Å². The number of anilines is 1. The van der Waals surface area contributed by atoms with Gasteiger partial charge in [-0.3, -0.25) is 4.79 Å². The van der Waals surface area contributed by atoms with Gasteiger partial charge in [-0.05, 0) is 43.2 Å². The molecule has 0 aliphatic heterocycles. The number of aliphatic hydroxyl groups is 1. The van der Waals surface area contributed by atoms with E-state index in [1.54, 1.807) is 57.2 Å². The van der Waals surface area contributed by atoms with Crippen LogP contribution >= 0.6 is 0 Å². The lowest BCUT2D eigenvalue weighted by atomic mass is 9.97. The zero-order chi connectivity index (χ0) is 19.4. The molecule has 6 nitrogen and oxygen atoms in total. The number of hydrogen-bond acceptors (Lipinski definition) is 4. The molecule has 0 heterocycles. The molecule has 2 rings (SSSR count). The van der Waals surface area contributed by atoms with Gasteiger partial charge in [0.25, 0.3) is 0 Å². The lowest BCUT2D eigenvalue weighted by molar-refractivity contribution is -0.115. The summed E-state index contributed by atoms with van der Waals surface area (Å²) in [4.78, 5) is 11.6. The van der Waals surface area contributed by atoms with E-state index < -0.39 is 15.6 Å². The molecule has 3 N–H and O–H groups in total. The standard InChI is InChI=1S/C19H24N2O4S/c1-4-18(22)21-16-10-11-17(14(2)12-16)26(24,25)20-13-19(3,23)15-8-6-5-7-9-15/h5-12,20,23H,4,13H2,1-3H3,(H,21,22). The van der Waals surface area contributed by atoms with Gasteiger partial charge < -0.3 is 10.4 Å². The summed E-state index contributed by atoms with van der Waals surface area (Å²) < 4.78 is 27.7. The van der Waals surface area contributed by atoms with Gasteiger partial charge in [0.05, 0.1) is 4.90 Å². The molecule has 0 aromatic heterocycles. The number of amides is 1. The van der Waals surface area contributed by atoms with Crippen molar-refractivity contribution in [2.45, 2.75) is 37.7 Å². The second-order valence-electron chi connectivity index (χ2n) is 6.35. The first-order chi connectivity index (χ1) is 12.2. The summed E-state index contributed by atoms with van der Waals surface area (Å²) in [7, 11) is -3.81. The Morgan fingerprint density at radius 3 is 2.38 bits per heavy atom. The quantitative estimate of drug-likeness (QED) is 0.692. The highest BCUT2D eigenvalue weighted by atomic mass is 32.2. The number of carbonyl (C=O) groups is 1. The third-order valence-corrected chi connectivity index (χ3v) is 5.63. The van der Waals surface area contributed by atoms with Gasteiger partial charge in [-0.1, -0.05) is 37.3 Å². The average molecular weight is 376 g/mol. The van der Waals surface area contributed by atoms with Crippen LogP contribution in [0.4, 0.5) is 5.69 Å². The van der Waals surface area contributed by atoms with E-state index in [9.17, 15) is 18.3 Å². The van der Waals surface area contributed by atoms with Crippen molar-refractivity contribution in [3.8, 4) is 0 Å². The van der Waals surface area contributed by atoms with Gasteiger partial charge in [0, 0.05) is 18.7 Å². The smallest absolute Gasteiger partial charge is 0.240 e. The molecule has 2 aromatic carbocycles. The average Bonchev–Trinajstić information content (AvgIpc) is 2.61. The monoisotopic (exact) mass is 376 g/mol. The van der Waals surface area contributed by atoms with Gasteiger partial charge in [-0.15, -0.1) is 0 Å². The van der Waals surface area contributed by atoms with Gasteiger partial charge in [0.1, 0.15) is 5.60 Å². The Kier molecular flexibility index (Phi) is 6.17. The molecular formula is C19H24N2O4S. The lowest BCUT2D eigenvalue weighted by Gasteiger charge is -2.24. The van der Waals surface area contributed by atoms with Crippen molar-refractivity contribution in [2.24, 2.45) is 0 Å². The van der Waals surface area contributed by atoms with Crippen molar-refractivity contribution in [1.82, 2.24) is 4.72 Å². The third kappa shape index (κ3) is 4.91. The van der Waals surface area contributed by atoms with Gasteiger partial charge in [0.2, 0.25) is 15.9 Å². The van der Waals surface area contributed by atoms with E-state index >= 15 is 0 Å². The predicted molar refractivity (Wildman–Crippen MR) is 101 cm³/mol. The molecule has 2 aromatic rings. The van der Waals surface area contributed by atoms with Gasteiger partial charge in [0.15, 0.2) is 0 Å². The molecule has 0 bridgehead atoms. The minimum atomic E-state index is -3.81. The van der Waals surface area contributed by atoms with E-state index in [2.05, 4.69) is 10.0 Å². The minimum absolute atomic E-state index is 0.107. The van der Waals surface area contributed by atoms with E-state index in [1.807, 2.05) is 6.07 Å². The topological polar surface area (TPSA) is 95.5 Å². The summed E-state index contributed by atoms with van der Waals surface area (Å²) in [6, 6.07) is 13.5. The van der Waals surface area contributed by atoms with E-state index in [1.165, 1.54) is 6.07 Å². The number of rotatable bonds is 7. The number of nitrogens with one attached hydrogen (secondary N) is 2. The molecule has 7 heteroatoms. The minimum Gasteiger partial charge on any atom is -0.384 e. The fraction of sp³-hybridized carbons (Fsp3) is 0.316. The molecule has 0 radical (unpaired) electrons. The van der Waals surface area contributed by atoms with Crippen molar-refractivity contribution in [2.75, 3.05) is 11.9 Å². The highest BCUT2D eigenvalue weighted by molar-refractivity contribution is 7.89. The molecule has 1 atom stereocenters. The van der Waals surface area contributed by atoms with Crippen LogP contribution in [0.5, 0.6) is 0 Å². The van der Waals surface area contributed by atoms with E-state index in [0.717, 1.165) is 0 Å². The summed E-state index contributed by atoms with van der Waals surface area (Å²) >= 11 is 0. The Labute approximate surface area is 154 Å². The van der Waals surface area contributed by atoms with Crippen LogP contribution in [0.15, 0.2) is 53.4 Å². The molecule has 1 unspecified atom stereocenters. The summed E-state index contributed by atoms with van der Waals surface area (Å²) in [6.07, 6.45) is 0.342. The van der Waals surface area contributed by atoms with Crippen LogP contribution in [-0.4, -0.2) is 26.0 Å². The van der Waals surface area contributed by atoms with E-state index in [0.29, 0.717) is 23.2 Å². The van der Waals surface area contributed by atoms with Crippen LogP contribution in [0.3, 0.4) is 0 Å². The molecule has 0 aliphatic rings. The van der Waals surface area contributed by atoms with Crippen LogP contribution in [0.2, 0.25) is 0 Å². The van der Waals surface area contributed by atoms with E-state index in [4.69, 9.17) is 0 Å². The van der Waals surface area contributed by atoms with Crippen LogP contribution in [0, 0.1) is 6.92 Å². The maximum absolute atomic E-state index is 12.6. The molecule has 26 heavy (non-hydrogen) atoms. The largest absolute Gasteiger partial charge is 0.384 e. The molecular weight excluding hydrogens is 352 g/mol. The highest BCUT2D eigenvalue weighted by Gasteiger charge is 2.26. The maximum atomic E-state index is 12.6. The number of aryl methyl sites for hydroxylation is 1. The van der Waals surface area contributed by atoms with Gasteiger partial charge in [-0.2, -0.15) is 0 Å². The summed E-state index contributed by atoms with van der Waals surface area (Å²) in [5.74, 6) is -0.142. The molecule has 140 valence electrons. The Morgan fingerprint density at radius 2 is 1.81 bits per heavy atom. The Balaban J connectivity index is 2.16. The van der Waals surface area contributed by atoms with Gasteiger partial charge >= 0.3 is 0 Å². The fourth-order valence-electron chi connectivity index (χ4n) is 2.49. The molecule has 0 saturated heterocycles. The Hall–Kier alpha value is -2.22. The molecule has 0 saturated carbocycles. The van der Waals surface area contributed by atoms with E-state index in [-0.39, 0.29) is 17.3 Å². The zero-order valence-corrected chi connectivity index (χ0v) is 15.9. The number of benzene rings is 2. The fourth-order valence-corrected chi connectivity index (χ4v) is 3.85. The second-order valence-corrected chi connectivity index (χ2v) is 8.08. The molecule has 0 fully saturated rings. The molecule has 0 aliphatic carbocycles. The Bertz CT molecular complexity index is 878. The molecule has 0 spiro atoms. The number of hydrogen-bond donors (Lipinski definition) is 3. The normalized spacial score (nSPS) is 13.8. The van der Waals surface area contributed by atoms with Crippen LogP contribution in [0.25, 0.3) is 0 Å². The second kappa shape index (κ2) is 7.99. The first kappa shape index (κ1) is 20.1. The number of carbonyl (C=O) groups excluding carboxylic acids is 1.